The zero-order chi connectivity index (χ0) is 12.6. The normalized spacial score (nSPS) is 8.62. The van der Waals surface area contributed by atoms with Crippen molar-refractivity contribution in [1.82, 2.24) is 14.3 Å². The second-order valence-corrected chi connectivity index (χ2v) is 3.45. The molecule has 0 amide bonds. The molecular formula is C13H23N3. The van der Waals surface area contributed by atoms with Crippen LogP contribution in [0, 0.1) is 13.8 Å². The van der Waals surface area contributed by atoms with Crippen LogP contribution in [0.15, 0.2) is 30.7 Å². The predicted octanol–water partition coefficient (Wildman–Crippen LogP) is 3.09. The van der Waals surface area contributed by atoms with Gasteiger partial charge in [-0.2, -0.15) is 5.10 Å². The molecule has 0 N–H and O–H groups in total. The van der Waals surface area contributed by atoms with E-state index in [0.717, 1.165) is 0 Å². The standard InChI is InChI=1S/C6H9N.C5H8N2.C2H6/c1-6-4-3-5-7(6)2;1-5-3-6-7(2)4-5;1-2/h3-5H,1-2H3;3-4H,1-2H3;1-2H3. The SMILES string of the molecule is CC.Cc1cccn1C.Cc1cnn(C)c1. The van der Waals surface area contributed by atoms with Crippen LogP contribution in [-0.2, 0) is 14.1 Å². The van der Waals surface area contributed by atoms with E-state index in [-0.39, 0.29) is 0 Å². The summed E-state index contributed by atoms with van der Waals surface area (Å²) >= 11 is 0. The van der Waals surface area contributed by atoms with Crippen molar-refractivity contribution in [3.05, 3.63) is 42.0 Å². The lowest BCUT2D eigenvalue weighted by Gasteiger charge is -1.89. The summed E-state index contributed by atoms with van der Waals surface area (Å²) < 4.78 is 3.87. The third-order valence-corrected chi connectivity index (χ3v) is 2.04. The predicted molar refractivity (Wildman–Crippen MR) is 69.4 cm³/mol. The summed E-state index contributed by atoms with van der Waals surface area (Å²) in [5.74, 6) is 0. The Bertz CT molecular complexity index is 352. The quantitative estimate of drug-likeness (QED) is 0.670. The van der Waals surface area contributed by atoms with Crippen LogP contribution in [0.1, 0.15) is 25.1 Å². The number of hydrogen-bond donors (Lipinski definition) is 0. The molecule has 0 aliphatic carbocycles. The second-order valence-electron chi connectivity index (χ2n) is 3.45. The molecule has 0 radical (unpaired) electrons. The van der Waals surface area contributed by atoms with Gasteiger partial charge in [-0.1, -0.05) is 13.8 Å². The van der Waals surface area contributed by atoms with Gasteiger partial charge in [-0.15, -0.1) is 0 Å². The molecule has 0 spiro atoms. The van der Waals surface area contributed by atoms with Crippen molar-refractivity contribution in [2.75, 3.05) is 0 Å². The van der Waals surface area contributed by atoms with Crippen LogP contribution in [-0.4, -0.2) is 14.3 Å². The van der Waals surface area contributed by atoms with Gasteiger partial charge in [-0.25, -0.2) is 0 Å². The van der Waals surface area contributed by atoms with Gasteiger partial charge in [-0.3, -0.25) is 4.68 Å². The molecule has 2 aromatic rings. The van der Waals surface area contributed by atoms with E-state index in [9.17, 15) is 0 Å². The summed E-state index contributed by atoms with van der Waals surface area (Å²) in [6.45, 7) is 8.10. The molecule has 0 aromatic carbocycles. The molecule has 3 heteroatoms. The average molecular weight is 221 g/mol. The Morgan fingerprint density at radius 1 is 1.12 bits per heavy atom. The van der Waals surface area contributed by atoms with Gasteiger partial charge in [0, 0.05) is 32.2 Å². The lowest BCUT2D eigenvalue weighted by atomic mass is 10.4. The van der Waals surface area contributed by atoms with Crippen LogP contribution in [0.25, 0.3) is 0 Å². The Morgan fingerprint density at radius 3 is 1.88 bits per heavy atom. The molecule has 0 unspecified atom stereocenters. The first kappa shape index (κ1) is 14.5. The Balaban J connectivity index is 0.000000244. The van der Waals surface area contributed by atoms with Crippen LogP contribution in [0.3, 0.4) is 0 Å². The Labute approximate surface area is 98.7 Å². The monoisotopic (exact) mass is 221 g/mol. The molecular weight excluding hydrogens is 198 g/mol. The van der Waals surface area contributed by atoms with Crippen LogP contribution in [0.2, 0.25) is 0 Å². The van der Waals surface area contributed by atoms with E-state index >= 15 is 0 Å². The summed E-state index contributed by atoms with van der Waals surface area (Å²) in [5.41, 5.74) is 2.52. The maximum atomic E-state index is 3.93. The van der Waals surface area contributed by atoms with Crippen LogP contribution >= 0.6 is 0 Å². The highest BCUT2D eigenvalue weighted by atomic mass is 15.2. The first-order valence-corrected chi connectivity index (χ1v) is 5.63. The smallest absolute Gasteiger partial charge is 0.0518 e. The fourth-order valence-corrected chi connectivity index (χ4v) is 1.09. The Kier molecular flexibility index (Phi) is 7.01. The maximum absolute atomic E-state index is 3.93. The molecule has 3 nitrogen and oxygen atoms in total. The minimum absolute atomic E-state index is 1.21. The Hall–Kier alpha value is -1.51. The van der Waals surface area contributed by atoms with Gasteiger partial charge < -0.3 is 4.57 Å². The molecule has 0 bridgehead atoms. The highest BCUT2D eigenvalue weighted by Crippen LogP contribution is 1.93. The molecule has 16 heavy (non-hydrogen) atoms. The van der Waals surface area contributed by atoms with Gasteiger partial charge in [0.05, 0.1) is 6.20 Å². The molecule has 0 saturated carbocycles. The summed E-state index contributed by atoms with van der Waals surface area (Å²) in [4.78, 5) is 0. The molecule has 2 aromatic heterocycles. The van der Waals surface area contributed by atoms with Crippen molar-refractivity contribution in [3.8, 4) is 0 Å². The van der Waals surface area contributed by atoms with E-state index in [0.29, 0.717) is 0 Å². The van der Waals surface area contributed by atoms with Crippen LogP contribution < -0.4 is 0 Å². The van der Waals surface area contributed by atoms with E-state index in [1.54, 1.807) is 4.68 Å². The van der Waals surface area contributed by atoms with Crippen molar-refractivity contribution in [2.45, 2.75) is 27.7 Å². The van der Waals surface area contributed by atoms with Crippen molar-refractivity contribution in [1.29, 1.82) is 0 Å². The third kappa shape index (κ3) is 5.39. The van der Waals surface area contributed by atoms with Crippen molar-refractivity contribution in [3.63, 3.8) is 0 Å². The summed E-state index contributed by atoms with van der Waals surface area (Å²) in [6.07, 6.45) is 5.84. The first-order chi connectivity index (χ1) is 7.59. The highest BCUT2D eigenvalue weighted by Gasteiger charge is 1.82. The zero-order valence-corrected chi connectivity index (χ0v) is 11.2. The number of nitrogens with zero attached hydrogens (tertiary/aromatic N) is 3. The molecule has 0 aliphatic heterocycles. The molecule has 0 fully saturated rings. The fraction of sp³-hybridized carbons (Fsp3) is 0.462. The van der Waals surface area contributed by atoms with Gasteiger partial charge in [0.25, 0.3) is 0 Å². The molecule has 0 atom stereocenters. The molecule has 2 heterocycles. The van der Waals surface area contributed by atoms with E-state index < -0.39 is 0 Å². The number of aromatic nitrogens is 3. The zero-order valence-electron chi connectivity index (χ0n) is 11.2. The van der Waals surface area contributed by atoms with Gasteiger partial charge in [0.1, 0.15) is 0 Å². The summed E-state index contributed by atoms with van der Waals surface area (Å²) in [7, 11) is 3.95. The lowest BCUT2D eigenvalue weighted by molar-refractivity contribution is 0.767. The van der Waals surface area contributed by atoms with Crippen molar-refractivity contribution >= 4 is 0 Å². The van der Waals surface area contributed by atoms with Crippen LogP contribution in [0.4, 0.5) is 0 Å². The fourth-order valence-electron chi connectivity index (χ4n) is 1.09. The van der Waals surface area contributed by atoms with E-state index in [2.05, 4.69) is 22.7 Å². The minimum atomic E-state index is 1.21. The molecule has 2 rings (SSSR count). The molecule has 0 saturated heterocycles. The molecule has 0 aliphatic rings. The van der Waals surface area contributed by atoms with Gasteiger partial charge in [0.2, 0.25) is 0 Å². The first-order valence-electron chi connectivity index (χ1n) is 5.63. The van der Waals surface area contributed by atoms with Crippen LogP contribution in [0.5, 0.6) is 0 Å². The topological polar surface area (TPSA) is 22.8 Å². The van der Waals surface area contributed by atoms with E-state index in [1.807, 2.05) is 59.5 Å². The van der Waals surface area contributed by atoms with E-state index in [4.69, 9.17) is 0 Å². The lowest BCUT2D eigenvalue weighted by Crippen LogP contribution is -1.84. The van der Waals surface area contributed by atoms with Gasteiger partial charge in [-0.05, 0) is 31.5 Å². The largest absolute Gasteiger partial charge is 0.355 e. The highest BCUT2D eigenvalue weighted by molar-refractivity contribution is 5.02. The Morgan fingerprint density at radius 2 is 1.75 bits per heavy atom. The minimum Gasteiger partial charge on any atom is -0.355 e. The van der Waals surface area contributed by atoms with E-state index in [1.165, 1.54) is 11.3 Å². The average Bonchev–Trinajstić information content (AvgIpc) is 2.81. The third-order valence-electron chi connectivity index (χ3n) is 2.04. The summed E-state index contributed by atoms with van der Waals surface area (Å²) in [5, 5.41) is 3.93. The molecule has 90 valence electrons. The number of hydrogen-bond acceptors (Lipinski definition) is 1. The van der Waals surface area contributed by atoms with Crippen molar-refractivity contribution in [2.24, 2.45) is 14.1 Å². The van der Waals surface area contributed by atoms with Gasteiger partial charge >= 0.3 is 0 Å². The van der Waals surface area contributed by atoms with Gasteiger partial charge in [0.15, 0.2) is 0 Å². The summed E-state index contributed by atoms with van der Waals surface area (Å²) in [6, 6.07) is 4.12. The number of aryl methyl sites for hydroxylation is 4. The second kappa shape index (κ2) is 7.74. The number of rotatable bonds is 0. The maximum Gasteiger partial charge on any atom is 0.0518 e. The van der Waals surface area contributed by atoms with Crippen molar-refractivity contribution < 1.29 is 0 Å².